The highest BCUT2D eigenvalue weighted by molar-refractivity contribution is 7.92. The van der Waals surface area contributed by atoms with E-state index in [0.29, 0.717) is 17.2 Å². The summed E-state index contributed by atoms with van der Waals surface area (Å²) in [7, 11) is 1.05. The lowest BCUT2D eigenvalue weighted by molar-refractivity contribution is -0.120. The van der Waals surface area contributed by atoms with E-state index in [1.807, 2.05) is 7.05 Å². The Morgan fingerprint density at radius 2 is 1.71 bits per heavy atom. The van der Waals surface area contributed by atoms with E-state index < -0.39 is 10.0 Å². The van der Waals surface area contributed by atoms with Gasteiger partial charge in [0, 0.05) is 12.1 Å². The van der Waals surface area contributed by atoms with E-state index in [-0.39, 0.29) is 23.4 Å². The van der Waals surface area contributed by atoms with Gasteiger partial charge in [-0.05, 0) is 57.2 Å². The molecule has 0 aliphatic carbocycles. The maximum atomic E-state index is 13.4. The van der Waals surface area contributed by atoms with E-state index in [9.17, 15) is 13.2 Å². The average Bonchev–Trinajstić information content (AvgIpc) is 2.79. The Morgan fingerprint density at radius 3 is 2.32 bits per heavy atom. The van der Waals surface area contributed by atoms with Crippen LogP contribution in [0, 0.1) is 0 Å². The first-order valence-electron chi connectivity index (χ1n) is 10.1. The predicted molar refractivity (Wildman–Crippen MR) is 119 cm³/mol. The van der Waals surface area contributed by atoms with Crippen LogP contribution in [-0.4, -0.2) is 66.2 Å². The first-order chi connectivity index (χ1) is 14.8. The molecule has 1 saturated heterocycles. The maximum Gasteiger partial charge on any atom is 0.264 e. The molecule has 1 N–H and O–H groups in total. The highest BCUT2D eigenvalue weighted by atomic mass is 32.2. The molecule has 1 aliphatic heterocycles. The fourth-order valence-electron chi connectivity index (χ4n) is 3.57. The van der Waals surface area contributed by atoms with Gasteiger partial charge in [-0.3, -0.25) is 9.10 Å². The second kappa shape index (κ2) is 10.0. The summed E-state index contributed by atoms with van der Waals surface area (Å²) < 4.78 is 38.5. The molecule has 1 heterocycles. The van der Waals surface area contributed by atoms with Crippen molar-refractivity contribution in [3.8, 4) is 11.5 Å². The molecule has 1 aliphatic rings. The summed E-state index contributed by atoms with van der Waals surface area (Å²) in [6.45, 7) is 1.46. The second-order valence-electron chi connectivity index (χ2n) is 7.51. The number of ether oxygens (including phenoxy) is 2. The number of nitrogens with zero attached hydrogens (tertiary/aromatic N) is 2. The molecule has 168 valence electrons. The molecular formula is C22H29N3O5S. The van der Waals surface area contributed by atoms with Gasteiger partial charge < -0.3 is 19.7 Å². The number of piperidine rings is 1. The van der Waals surface area contributed by atoms with Crippen LogP contribution in [0.3, 0.4) is 0 Å². The van der Waals surface area contributed by atoms with Gasteiger partial charge in [0.05, 0.1) is 24.8 Å². The van der Waals surface area contributed by atoms with Gasteiger partial charge in [-0.15, -0.1) is 0 Å². The third-order valence-corrected chi connectivity index (χ3v) is 7.15. The number of rotatable bonds is 8. The van der Waals surface area contributed by atoms with Crippen molar-refractivity contribution in [1.29, 1.82) is 0 Å². The number of methoxy groups -OCH3 is 2. The Morgan fingerprint density at radius 1 is 1.06 bits per heavy atom. The molecule has 2 aromatic carbocycles. The molecule has 0 unspecified atom stereocenters. The summed E-state index contributed by atoms with van der Waals surface area (Å²) in [6.07, 6.45) is 1.67. The molecule has 0 radical (unpaired) electrons. The van der Waals surface area contributed by atoms with Crippen molar-refractivity contribution in [2.75, 3.05) is 45.2 Å². The van der Waals surface area contributed by atoms with Crippen LogP contribution in [0.5, 0.6) is 11.5 Å². The van der Waals surface area contributed by atoms with Crippen LogP contribution < -0.4 is 19.1 Å². The molecule has 9 heteroatoms. The topological polar surface area (TPSA) is 88.2 Å². The molecule has 0 spiro atoms. The fraction of sp³-hybridized carbons (Fsp3) is 0.409. The Kier molecular flexibility index (Phi) is 7.40. The molecule has 0 atom stereocenters. The van der Waals surface area contributed by atoms with Crippen LogP contribution >= 0.6 is 0 Å². The number of nitrogens with one attached hydrogen (secondary N) is 1. The summed E-state index contributed by atoms with van der Waals surface area (Å²) in [5.41, 5.74) is 0.319. The SMILES string of the molecule is COc1ccc(N(CC(=O)NC2CCN(C)CC2)S(=O)(=O)c2ccccc2)cc1OC. The molecule has 0 aromatic heterocycles. The highest BCUT2D eigenvalue weighted by Gasteiger charge is 2.29. The van der Waals surface area contributed by atoms with E-state index in [1.165, 1.54) is 26.4 Å². The summed E-state index contributed by atoms with van der Waals surface area (Å²) >= 11 is 0. The number of sulfonamides is 1. The lowest BCUT2D eigenvalue weighted by Gasteiger charge is -2.30. The lowest BCUT2D eigenvalue weighted by Crippen LogP contribution is -2.47. The van der Waals surface area contributed by atoms with Gasteiger partial charge in [0.2, 0.25) is 5.91 Å². The molecule has 3 rings (SSSR count). The largest absolute Gasteiger partial charge is 0.493 e. The van der Waals surface area contributed by atoms with Gasteiger partial charge in [0.15, 0.2) is 11.5 Å². The quantitative estimate of drug-likeness (QED) is 0.667. The van der Waals surface area contributed by atoms with Gasteiger partial charge in [-0.2, -0.15) is 0 Å². The Hall–Kier alpha value is -2.78. The fourth-order valence-corrected chi connectivity index (χ4v) is 5.01. The number of hydrogen-bond donors (Lipinski definition) is 1. The zero-order chi connectivity index (χ0) is 22.4. The smallest absolute Gasteiger partial charge is 0.264 e. The molecule has 0 bridgehead atoms. The van der Waals surface area contributed by atoms with E-state index in [1.54, 1.807) is 36.4 Å². The van der Waals surface area contributed by atoms with Crippen molar-refractivity contribution in [3.05, 3.63) is 48.5 Å². The molecular weight excluding hydrogens is 418 g/mol. The monoisotopic (exact) mass is 447 g/mol. The van der Waals surface area contributed by atoms with E-state index in [0.717, 1.165) is 30.2 Å². The van der Waals surface area contributed by atoms with Crippen molar-refractivity contribution in [2.24, 2.45) is 0 Å². The number of benzene rings is 2. The van der Waals surface area contributed by atoms with Gasteiger partial charge >= 0.3 is 0 Å². The summed E-state index contributed by atoms with van der Waals surface area (Å²) in [5.74, 6) is 0.506. The molecule has 8 nitrogen and oxygen atoms in total. The van der Waals surface area contributed by atoms with Crippen molar-refractivity contribution in [3.63, 3.8) is 0 Å². The summed E-state index contributed by atoms with van der Waals surface area (Å²) in [6, 6.07) is 12.9. The van der Waals surface area contributed by atoms with Crippen LogP contribution in [0.2, 0.25) is 0 Å². The van der Waals surface area contributed by atoms with Crippen molar-refractivity contribution >= 4 is 21.6 Å². The third-order valence-electron chi connectivity index (χ3n) is 5.36. The third kappa shape index (κ3) is 5.48. The molecule has 1 fully saturated rings. The van der Waals surface area contributed by atoms with Gasteiger partial charge in [-0.25, -0.2) is 8.42 Å². The zero-order valence-corrected chi connectivity index (χ0v) is 18.9. The average molecular weight is 448 g/mol. The first-order valence-corrected chi connectivity index (χ1v) is 11.6. The zero-order valence-electron chi connectivity index (χ0n) is 18.1. The van der Waals surface area contributed by atoms with E-state index in [4.69, 9.17) is 9.47 Å². The minimum absolute atomic E-state index is 0.0374. The maximum absolute atomic E-state index is 13.4. The lowest BCUT2D eigenvalue weighted by atomic mass is 10.1. The second-order valence-corrected chi connectivity index (χ2v) is 9.37. The van der Waals surface area contributed by atoms with Crippen molar-refractivity contribution in [1.82, 2.24) is 10.2 Å². The van der Waals surface area contributed by atoms with Crippen LogP contribution in [0.1, 0.15) is 12.8 Å². The Labute approximate surface area is 183 Å². The number of likely N-dealkylation sites (tertiary alicyclic amines) is 1. The summed E-state index contributed by atoms with van der Waals surface area (Å²) in [4.78, 5) is 15.2. The normalized spacial score (nSPS) is 15.3. The standard InChI is InChI=1S/C22H29N3O5S/c1-24-13-11-17(12-14-24)23-22(26)16-25(31(27,28)19-7-5-4-6-8-19)18-9-10-20(29-2)21(15-18)30-3/h4-10,15,17H,11-14,16H2,1-3H3,(H,23,26). The van der Waals surface area contributed by atoms with E-state index in [2.05, 4.69) is 10.2 Å². The Bertz CT molecular complexity index is 989. The molecule has 2 aromatic rings. The number of anilines is 1. The van der Waals surface area contributed by atoms with Crippen molar-refractivity contribution < 1.29 is 22.7 Å². The number of amides is 1. The van der Waals surface area contributed by atoms with Crippen molar-refractivity contribution in [2.45, 2.75) is 23.8 Å². The molecule has 0 saturated carbocycles. The van der Waals surface area contributed by atoms with E-state index >= 15 is 0 Å². The van der Waals surface area contributed by atoms with Gasteiger partial charge in [-0.1, -0.05) is 18.2 Å². The van der Waals surface area contributed by atoms with Crippen LogP contribution in [0.4, 0.5) is 5.69 Å². The molecule has 31 heavy (non-hydrogen) atoms. The van der Waals surface area contributed by atoms with Crippen LogP contribution in [0.25, 0.3) is 0 Å². The van der Waals surface area contributed by atoms with Crippen LogP contribution in [-0.2, 0) is 14.8 Å². The minimum atomic E-state index is -3.98. The minimum Gasteiger partial charge on any atom is -0.493 e. The molecule has 1 amide bonds. The highest BCUT2D eigenvalue weighted by Crippen LogP contribution is 2.33. The predicted octanol–water partition coefficient (Wildman–Crippen LogP) is 2.11. The van der Waals surface area contributed by atoms with Gasteiger partial charge in [0.25, 0.3) is 10.0 Å². The number of carbonyl (C=O) groups is 1. The number of hydrogen-bond acceptors (Lipinski definition) is 6. The summed E-state index contributed by atoms with van der Waals surface area (Å²) in [5, 5.41) is 2.99. The Balaban J connectivity index is 1.90. The van der Waals surface area contributed by atoms with Gasteiger partial charge in [0.1, 0.15) is 6.54 Å². The first kappa shape index (κ1) is 22.9. The van der Waals surface area contributed by atoms with Crippen LogP contribution in [0.15, 0.2) is 53.4 Å². The number of carbonyl (C=O) groups excluding carboxylic acids is 1.